The second-order valence-corrected chi connectivity index (χ2v) is 8.38. The third-order valence-corrected chi connectivity index (χ3v) is 6.01. The van der Waals surface area contributed by atoms with Crippen LogP contribution in [0.1, 0.15) is 45.6 Å². The van der Waals surface area contributed by atoms with Crippen LogP contribution >= 0.6 is 12.4 Å². The zero-order chi connectivity index (χ0) is 15.7. The summed E-state index contributed by atoms with van der Waals surface area (Å²) in [6.07, 6.45) is 3.24. The van der Waals surface area contributed by atoms with E-state index in [1.165, 1.54) is 0 Å². The topological polar surface area (TPSA) is 72.2 Å². The van der Waals surface area contributed by atoms with Gasteiger partial charge in [-0.2, -0.15) is 0 Å². The van der Waals surface area contributed by atoms with E-state index in [0.29, 0.717) is 17.4 Å². The van der Waals surface area contributed by atoms with E-state index in [1.54, 1.807) is 12.1 Å². The first-order valence-electron chi connectivity index (χ1n) is 7.62. The largest absolute Gasteiger partial charge is 0.326 e. The van der Waals surface area contributed by atoms with Crippen LogP contribution in [0.15, 0.2) is 29.2 Å². The Morgan fingerprint density at radius 2 is 1.82 bits per heavy atom. The van der Waals surface area contributed by atoms with Crippen molar-refractivity contribution in [1.82, 2.24) is 4.72 Å². The summed E-state index contributed by atoms with van der Waals surface area (Å²) in [7, 11) is -3.46. The summed E-state index contributed by atoms with van der Waals surface area (Å²) >= 11 is 0. The molecule has 1 fully saturated rings. The van der Waals surface area contributed by atoms with Gasteiger partial charge in [0.15, 0.2) is 0 Å². The second kappa shape index (κ2) is 7.30. The molecule has 2 rings (SSSR count). The summed E-state index contributed by atoms with van der Waals surface area (Å²) in [5.41, 5.74) is 7.15. The minimum absolute atomic E-state index is 0. The maximum absolute atomic E-state index is 12.2. The summed E-state index contributed by atoms with van der Waals surface area (Å²) in [6, 6.07) is 7.09. The van der Waals surface area contributed by atoms with Crippen LogP contribution < -0.4 is 10.5 Å². The third-order valence-electron chi connectivity index (χ3n) is 4.57. The van der Waals surface area contributed by atoms with Gasteiger partial charge in [-0.05, 0) is 48.3 Å². The molecule has 3 N–H and O–H groups in total. The van der Waals surface area contributed by atoms with Gasteiger partial charge in [-0.1, -0.05) is 32.9 Å². The molecule has 6 heteroatoms. The highest BCUT2D eigenvalue weighted by Gasteiger charge is 2.29. The Bertz CT molecular complexity index is 581. The fraction of sp³-hybridized carbons (Fsp3) is 0.625. The summed E-state index contributed by atoms with van der Waals surface area (Å²) in [5.74, 6) is 0.487. The van der Waals surface area contributed by atoms with Crippen LogP contribution in [-0.4, -0.2) is 21.0 Å². The molecular formula is C16H27ClN2O2S. The van der Waals surface area contributed by atoms with Gasteiger partial charge < -0.3 is 5.73 Å². The first kappa shape index (κ1) is 19.4. The van der Waals surface area contributed by atoms with Crippen molar-refractivity contribution in [3.05, 3.63) is 29.8 Å². The van der Waals surface area contributed by atoms with E-state index in [9.17, 15) is 8.42 Å². The van der Waals surface area contributed by atoms with Crippen molar-refractivity contribution in [1.29, 1.82) is 0 Å². The zero-order valence-electron chi connectivity index (χ0n) is 13.5. The van der Waals surface area contributed by atoms with E-state index < -0.39 is 10.0 Å². The van der Waals surface area contributed by atoms with Crippen molar-refractivity contribution in [2.24, 2.45) is 11.7 Å². The molecular weight excluding hydrogens is 320 g/mol. The first-order valence-corrected chi connectivity index (χ1v) is 9.10. The number of hydrogen-bond acceptors (Lipinski definition) is 3. The van der Waals surface area contributed by atoms with E-state index in [2.05, 4.69) is 25.5 Å². The van der Waals surface area contributed by atoms with Gasteiger partial charge in [0.2, 0.25) is 10.0 Å². The van der Waals surface area contributed by atoms with E-state index in [-0.39, 0.29) is 23.9 Å². The normalized spacial score (nSPS) is 16.9. The van der Waals surface area contributed by atoms with Crippen molar-refractivity contribution in [2.75, 3.05) is 6.54 Å². The molecule has 0 aromatic heterocycles. The molecule has 0 heterocycles. The molecule has 1 unspecified atom stereocenters. The lowest BCUT2D eigenvalue weighted by Gasteiger charge is -2.23. The van der Waals surface area contributed by atoms with Crippen molar-refractivity contribution in [3.63, 3.8) is 0 Å². The lowest BCUT2D eigenvalue weighted by Crippen LogP contribution is -2.38. The highest BCUT2D eigenvalue weighted by Crippen LogP contribution is 2.31. The monoisotopic (exact) mass is 346 g/mol. The average molecular weight is 347 g/mol. The molecule has 0 aliphatic heterocycles. The maximum Gasteiger partial charge on any atom is 0.240 e. The molecule has 0 spiro atoms. The van der Waals surface area contributed by atoms with Crippen LogP contribution in [0.25, 0.3) is 0 Å². The van der Waals surface area contributed by atoms with Crippen LogP contribution in [0.2, 0.25) is 0 Å². The molecule has 22 heavy (non-hydrogen) atoms. The standard InChI is InChI=1S/C16H26N2O2S.ClH/c1-4-16(2,3)13-7-9-14(10-8-13)21(19,20)18-11-15(17)12-5-6-12;/h7-10,12,15,18H,4-6,11,17H2,1-3H3;1H. The van der Waals surface area contributed by atoms with Crippen LogP contribution in [0.3, 0.4) is 0 Å². The highest BCUT2D eigenvalue weighted by molar-refractivity contribution is 7.89. The Labute approximate surface area is 140 Å². The van der Waals surface area contributed by atoms with Crippen molar-refractivity contribution >= 4 is 22.4 Å². The first-order chi connectivity index (χ1) is 9.76. The number of hydrogen-bond donors (Lipinski definition) is 2. The highest BCUT2D eigenvalue weighted by atomic mass is 35.5. The Kier molecular flexibility index (Phi) is 6.45. The number of nitrogens with two attached hydrogens (primary N) is 1. The van der Waals surface area contributed by atoms with Gasteiger partial charge in [-0.15, -0.1) is 12.4 Å². The fourth-order valence-corrected chi connectivity index (χ4v) is 3.34. The lowest BCUT2D eigenvalue weighted by atomic mass is 9.82. The van der Waals surface area contributed by atoms with Gasteiger partial charge in [0.05, 0.1) is 4.90 Å². The smallest absolute Gasteiger partial charge is 0.240 e. The summed E-state index contributed by atoms with van der Waals surface area (Å²) < 4.78 is 27.1. The Morgan fingerprint density at radius 3 is 2.27 bits per heavy atom. The van der Waals surface area contributed by atoms with Crippen LogP contribution in [0.4, 0.5) is 0 Å². The van der Waals surface area contributed by atoms with Gasteiger partial charge in [-0.3, -0.25) is 0 Å². The van der Waals surface area contributed by atoms with Gasteiger partial charge in [-0.25, -0.2) is 13.1 Å². The van der Waals surface area contributed by atoms with Crippen molar-refractivity contribution in [2.45, 2.75) is 56.4 Å². The molecule has 1 aliphatic rings. The lowest BCUT2D eigenvalue weighted by molar-refractivity contribution is 0.505. The number of sulfonamides is 1. The van der Waals surface area contributed by atoms with Gasteiger partial charge in [0.25, 0.3) is 0 Å². The minimum atomic E-state index is -3.46. The van der Waals surface area contributed by atoms with E-state index in [4.69, 9.17) is 5.73 Å². The summed E-state index contributed by atoms with van der Waals surface area (Å²) in [5, 5.41) is 0. The Morgan fingerprint density at radius 1 is 1.27 bits per heavy atom. The molecule has 1 saturated carbocycles. The predicted octanol–water partition coefficient (Wildman–Crippen LogP) is 2.81. The van der Waals surface area contributed by atoms with E-state index in [1.807, 2.05) is 12.1 Å². The van der Waals surface area contributed by atoms with Gasteiger partial charge in [0.1, 0.15) is 0 Å². The van der Waals surface area contributed by atoms with E-state index in [0.717, 1.165) is 24.8 Å². The minimum Gasteiger partial charge on any atom is -0.326 e. The number of rotatable bonds is 7. The summed E-state index contributed by atoms with van der Waals surface area (Å²) in [6.45, 7) is 6.76. The van der Waals surface area contributed by atoms with Crippen molar-refractivity contribution < 1.29 is 8.42 Å². The second-order valence-electron chi connectivity index (χ2n) is 6.61. The zero-order valence-corrected chi connectivity index (χ0v) is 15.1. The predicted molar refractivity (Wildman–Crippen MR) is 92.9 cm³/mol. The molecule has 1 aliphatic carbocycles. The van der Waals surface area contributed by atoms with Crippen molar-refractivity contribution in [3.8, 4) is 0 Å². The Balaban J connectivity index is 0.00000242. The average Bonchev–Trinajstić information content (AvgIpc) is 3.29. The molecule has 126 valence electrons. The maximum atomic E-state index is 12.2. The molecule has 1 aromatic rings. The SMILES string of the molecule is CCC(C)(C)c1ccc(S(=O)(=O)NCC(N)C2CC2)cc1.Cl. The fourth-order valence-electron chi connectivity index (χ4n) is 2.27. The van der Waals surface area contributed by atoms with Crippen LogP contribution in [0.5, 0.6) is 0 Å². The molecule has 0 amide bonds. The summed E-state index contributed by atoms with van der Waals surface area (Å²) in [4.78, 5) is 0.307. The molecule has 1 atom stereocenters. The third kappa shape index (κ3) is 4.69. The Hall–Kier alpha value is -0.620. The molecule has 0 saturated heterocycles. The van der Waals surface area contributed by atoms with Crippen LogP contribution in [0, 0.1) is 5.92 Å². The number of benzene rings is 1. The number of nitrogens with one attached hydrogen (secondary N) is 1. The van der Waals surface area contributed by atoms with Gasteiger partial charge >= 0.3 is 0 Å². The van der Waals surface area contributed by atoms with Crippen LogP contribution in [-0.2, 0) is 15.4 Å². The van der Waals surface area contributed by atoms with E-state index >= 15 is 0 Å². The molecule has 0 bridgehead atoms. The quantitative estimate of drug-likeness (QED) is 0.797. The molecule has 1 aromatic carbocycles. The molecule has 0 radical (unpaired) electrons. The molecule has 4 nitrogen and oxygen atoms in total. The van der Waals surface area contributed by atoms with Gasteiger partial charge in [0, 0.05) is 12.6 Å². The number of halogens is 1.